The predicted molar refractivity (Wildman–Crippen MR) is 215 cm³/mol. The summed E-state index contributed by atoms with van der Waals surface area (Å²) in [5.41, 5.74) is 9.35. The third-order valence-electron chi connectivity index (χ3n) is 11.0. The molecule has 5 aromatic rings. The number of hydrogen-bond donors (Lipinski definition) is 3. The minimum atomic E-state index is -4.27. The topological polar surface area (TPSA) is 170 Å². The lowest BCUT2D eigenvalue weighted by Gasteiger charge is -2.35. The fraction of sp³-hybridized carbons (Fsp3) is 0.429. The van der Waals surface area contributed by atoms with E-state index in [1.807, 2.05) is 25.1 Å². The maximum atomic E-state index is 14.3. The molecule has 7 rings (SSSR count). The van der Waals surface area contributed by atoms with Crippen molar-refractivity contribution in [3.8, 4) is 28.1 Å². The molecule has 3 atom stereocenters. The summed E-state index contributed by atoms with van der Waals surface area (Å²) in [5.74, 6) is -0.625. The molecule has 6 bridgehead atoms. The maximum absolute atomic E-state index is 14.3. The fourth-order valence-electron chi connectivity index (χ4n) is 7.95. The number of fused-ring (bicyclic) bond motifs is 6. The number of hydrogen-bond acceptors (Lipinski definition) is 10. The molecule has 0 unspecified atom stereocenters. The molecule has 2 aliphatic rings. The Morgan fingerprint density at radius 2 is 1.93 bits per heavy atom. The molecule has 2 aromatic carbocycles. The number of ether oxygens (including phenoxy) is 2. The van der Waals surface area contributed by atoms with Gasteiger partial charge in [0.05, 0.1) is 24.1 Å². The fourth-order valence-corrected chi connectivity index (χ4v) is 9.18. The number of esters is 1. The molecule has 0 aliphatic carbocycles. The summed E-state index contributed by atoms with van der Waals surface area (Å²) in [4.78, 5) is 37.0. The lowest BCUT2D eigenvalue weighted by Crippen LogP contribution is -2.60. The number of aromatic nitrogens is 4. The number of aryl methyl sites for hydroxylation is 3. The Hall–Kier alpha value is -5.09. The maximum Gasteiger partial charge on any atom is 0.324 e. The molecule has 57 heavy (non-hydrogen) atoms. The quantitative estimate of drug-likeness (QED) is 0.183. The molecule has 14 nitrogen and oxygen atoms in total. The number of amides is 1. The van der Waals surface area contributed by atoms with Crippen LogP contribution in [0.1, 0.15) is 69.3 Å². The largest absolute Gasteiger partial charge is 0.508 e. The standard InChI is InChI=1S/C42H51N7O7S/c1-8-48-36-14-13-28-21-32(36)33(39(48)31-11-9-15-43-38(31)25(2)55-7)22-42(4,5)24-56-41(52)34-12-10-16-49(45-34)40(51)35(19-27-17-29(28)20-30(50)18-27)46-57(53,54)37-23-47(6)26(3)44-37/h9,11,13-15,17-18,20-21,23,25,34-35,45-46,50H,8,10,12,16,19,22,24H2,1-7H3/t25-,34-,35-/m0/s1. The van der Waals surface area contributed by atoms with Crippen LogP contribution in [0, 0.1) is 12.3 Å². The van der Waals surface area contributed by atoms with E-state index in [-0.39, 0.29) is 36.5 Å². The van der Waals surface area contributed by atoms with Gasteiger partial charge in [0.1, 0.15) is 23.7 Å². The minimum absolute atomic E-state index is 0.0351. The minimum Gasteiger partial charge on any atom is -0.508 e. The molecule has 0 radical (unpaired) electrons. The van der Waals surface area contributed by atoms with Gasteiger partial charge in [0.2, 0.25) is 0 Å². The average molecular weight is 798 g/mol. The molecule has 3 aromatic heterocycles. The Labute approximate surface area is 333 Å². The van der Waals surface area contributed by atoms with E-state index < -0.39 is 39.4 Å². The van der Waals surface area contributed by atoms with Gasteiger partial charge < -0.3 is 23.7 Å². The SMILES string of the molecule is CCn1c(-c2cccnc2[C@H](C)OC)c2c3cc(ccc31)-c1cc(O)cc(c1)C[C@H](NS(=O)(=O)c1cn(C)c(C)n1)C(=O)N1CCC[C@H](N1)C(=O)OCC(C)(C)C2. The number of benzene rings is 2. The summed E-state index contributed by atoms with van der Waals surface area (Å²) in [6.07, 6.45) is 4.25. The number of pyridine rings is 1. The van der Waals surface area contributed by atoms with Crippen LogP contribution in [0.15, 0.2) is 66.0 Å². The van der Waals surface area contributed by atoms with E-state index in [9.17, 15) is 23.1 Å². The third kappa shape index (κ3) is 8.06. The van der Waals surface area contributed by atoms with Crippen LogP contribution >= 0.6 is 0 Å². The number of phenolic OH excluding ortho intramolecular Hbond substituents is 1. The second-order valence-electron chi connectivity index (χ2n) is 15.9. The van der Waals surface area contributed by atoms with E-state index in [0.29, 0.717) is 42.8 Å². The van der Waals surface area contributed by atoms with Crippen molar-refractivity contribution in [2.24, 2.45) is 12.5 Å². The van der Waals surface area contributed by atoms with Crippen LogP contribution in [0.25, 0.3) is 33.3 Å². The van der Waals surface area contributed by atoms with Gasteiger partial charge in [-0.25, -0.2) is 18.8 Å². The van der Waals surface area contributed by atoms with E-state index in [2.05, 4.69) is 58.7 Å². The normalized spacial score (nSPS) is 19.7. The number of methoxy groups -OCH3 is 1. The number of rotatable bonds is 7. The molecule has 2 aliphatic heterocycles. The highest BCUT2D eigenvalue weighted by Gasteiger charge is 2.37. The average Bonchev–Trinajstić information content (AvgIpc) is 3.70. The van der Waals surface area contributed by atoms with Gasteiger partial charge >= 0.3 is 5.97 Å². The van der Waals surface area contributed by atoms with E-state index in [4.69, 9.17) is 14.5 Å². The van der Waals surface area contributed by atoms with Crippen molar-refractivity contribution >= 4 is 32.8 Å². The summed E-state index contributed by atoms with van der Waals surface area (Å²) in [6.45, 7) is 10.9. The first kappa shape index (κ1) is 40.1. The number of hydrazine groups is 1. The van der Waals surface area contributed by atoms with Crippen molar-refractivity contribution in [1.82, 2.24) is 34.3 Å². The number of imidazole rings is 1. The zero-order valence-electron chi connectivity index (χ0n) is 33.5. The zero-order valence-corrected chi connectivity index (χ0v) is 34.3. The van der Waals surface area contributed by atoms with Gasteiger partial charge in [-0.3, -0.25) is 19.6 Å². The number of phenols is 1. The molecule has 302 valence electrons. The molecule has 15 heteroatoms. The molecule has 0 saturated carbocycles. The van der Waals surface area contributed by atoms with Crippen LogP contribution in [0.5, 0.6) is 5.75 Å². The van der Waals surface area contributed by atoms with Crippen molar-refractivity contribution in [3.05, 3.63) is 83.6 Å². The molecule has 1 saturated heterocycles. The van der Waals surface area contributed by atoms with Gasteiger partial charge in [0.25, 0.3) is 15.9 Å². The van der Waals surface area contributed by atoms with E-state index in [0.717, 1.165) is 39.0 Å². The van der Waals surface area contributed by atoms with Gasteiger partial charge in [0, 0.05) is 61.5 Å². The van der Waals surface area contributed by atoms with E-state index in [1.54, 1.807) is 37.9 Å². The summed E-state index contributed by atoms with van der Waals surface area (Å²) in [6, 6.07) is 13.1. The van der Waals surface area contributed by atoms with Gasteiger partial charge in [-0.15, -0.1) is 0 Å². The second-order valence-corrected chi connectivity index (χ2v) is 17.5. The lowest BCUT2D eigenvalue weighted by atomic mass is 9.84. The van der Waals surface area contributed by atoms with Gasteiger partial charge in [-0.05, 0) is 105 Å². The highest BCUT2D eigenvalue weighted by Crippen LogP contribution is 2.42. The van der Waals surface area contributed by atoms with Crippen LogP contribution in [0.2, 0.25) is 0 Å². The first-order valence-electron chi connectivity index (χ1n) is 19.3. The molecule has 1 fully saturated rings. The number of nitrogens with one attached hydrogen (secondary N) is 2. The van der Waals surface area contributed by atoms with Gasteiger partial charge in [0.15, 0.2) is 5.03 Å². The van der Waals surface area contributed by atoms with Gasteiger partial charge in [-0.2, -0.15) is 4.72 Å². The molecular weight excluding hydrogens is 747 g/mol. The summed E-state index contributed by atoms with van der Waals surface area (Å²) in [7, 11) is -0.921. The number of aromatic hydroxyl groups is 1. The summed E-state index contributed by atoms with van der Waals surface area (Å²) in [5, 5.41) is 13.2. The highest BCUT2D eigenvalue weighted by atomic mass is 32.2. The Morgan fingerprint density at radius 3 is 2.65 bits per heavy atom. The second kappa shape index (κ2) is 15.7. The van der Waals surface area contributed by atoms with Gasteiger partial charge in [-0.1, -0.05) is 26.0 Å². The van der Waals surface area contributed by atoms with Crippen molar-refractivity contribution in [3.63, 3.8) is 0 Å². The summed E-state index contributed by atoms with van der Waals surface area (Å²) >= 11 is 0. The first-order valence-corrected chi connectivity index (χ1v) is 20.8. The Bertz CT molecular complexity index is 2440. The predicted octanol–water partition coefficient (Wildman–Crippen LogP) is 5.36. The smallest absolute Gasteiger partial charge is 0.324 e. The highest BCUT2D eigenvalue weighted by molar-refractivity contribution is 7.89. The van der Waals surface area contributed by atoms with Crippen molar-refractivity contribution in [2.45, 2.75) is 90.1 Å². The Balaban J connectivity index is 1.40. The van der Waals surface area contributed by atoms with Crippen molar-refractivity contribution < 1.29 is 32.6 Å². The van der Waals surface area contributed by atoms with Crippen molar-refractivity contribution in [1.29, 1.82) is 0 Å². The number of nitrogens with zero attached hydrogens (tertiary/aromatic N) is 5. The van der Waals surface area contributed by atoms with Crippen LogP contribution in [-0.4, -0.2) is 81.9 Å². The van der Waals surface area contributed by atoms with Crippen LogP contribution < -0.4 is 10.1 Å². The first-order chi connectivity index (χ1) is 27.1. The molecule has 1 amide bonds. The number of cyclic esters (lactones) is 1. The van der Waals surface area contributed by atoms with Crippen LogP contribution in [0.4, 0.5) is 0 Å². The molecular formula is C42H51N7O7S. The molecule has 5 heterocycles. The summed E-state index contributed by atoms with van der Waals surface area (Å²) < 4.78 is 45.7. The monoisotopic (exact) mass is 797 g/mol. The molecule has 3 N–H and O–H groups in total. The van der Waals surface area contributed by atoms with E-state index in [1.165, 1.54) is 17.3 Å². The van der Waals surface area contributed by atoms with Crippen LogP contribution in [-0.2, 0) is 55.5 Å². The Kier molecular flexibility index (Phi) is 11.0. The zero-order chi connectivity index (χ0) is 40.8. The van der Waals surface area contributed by atoms with E-state index >= 15 is 0 Å². The third-order valence-corrected chi connectivity index (χ3v) is 12.4. The number of carbonyl (C=O) groups is 2. The Morgan fingerprint density at radius 1 is 1.14 bits per heavy atom. The molecule has 0 spiro atoms. The number of carbonyl (C=O) groups excluding carboxylic acids is 2. The number of sulfonamides is 1. The van der Waals surface area contributed by atoms with Crippen molar-refractivity contribution in [2.75, 3.05) is 20.3 Å². The van der Waals surface area contributed by atoms with Crippen LogP contribution in [0.3, 0.4) is 0 Å². The lowest BCUT2D eigenvalue weighted by molar-refractivity contribution is -0.155.